The molecule has 2 aromatic heterocycles. The molecule has 0 fully saturated rings. The van der Waals surface area contributed by atoms with Crippen molar-refractivity contribution in [2.75, 3.05) is 6.54 Å². The average Bonchev–Trinajstić information content (AvgIpc) is 3.34. The molecule has 1 amide bonds. The Labute approximate surface area is 155 Å². The van der Waals surface area contributed by atoms with Gasteiger partial charge in [-0.2, -0.15) is 5.10 Å². The standard InChI is InChI=1S/C20H19N5O2/c1-13-8-9-16-17(11-13)27-18(24-16)7-4-10-21-20(26)15-6-3-2-5-14(15)19-22-12-23-25-19/h2-3,5-6,8-9,11-12H,4,7,10H2,1H3,(H,21,26)(H,22,23,25). The van der Waals surface area contributed by atoms with E-state index in [2.05, 4.69) is 25.5 Å². The van der Waals surface area contributed by atoms with Crippen LogP contribution in [0.15, 0.2) is 53.2 Å². The normalized spacial score (nSPS) is 11.0. The largest absolute Gasteiger partial charge is 0.441 e. The zero-order valence-corrected chi connectivity index (χ0v) is 14.9. The van der Waals surface area contributed by atoms with Crippen molar-refractivity contribution in [1.29, 1.82) is 0 Å². The lowest BCUT2D eigenvalue weighted by molar-refractivity contribution is 0.0953. The first kappa shape index (κ1) is 17.0. The zero-order valence-electron chi connectivity index (χ0n) is 14.9. The summed E-state index contributed by atoms with van der Waals surface area (Å²) in [4.78, 5) is 21.1. The topological polar surface area (TPSA) is 96.7 Å². The van der Waals surface area contributed by atoms with Gasteiger partial charge in [-0.15, -0.1) is 0 Å². The van der Waals surface area contributed by atoms with Crippen LogP contribution in [0.3, 0.4) is 0 Å². The second kappa shape index (κ2) is 7.41. The summed E-state index contributed by atoms with van der Waals surface area (Å²) in [6, 6.07) is 13.3. The van der Waals surface area contributed by atoms with Gasteiger partial charge in [-0.1, -0.05) is 24.3 Å². The number of aryl methyl sites for hydroxylation is 2. The van der Waals surface area contributed by atoms with Gasteiger partial charge in [-0.05, 0) is 37.1 Å². The summed E-state index contributed by atoms with van der Waals surface area (Å²) >= 11 is 0. The molecular weight excluding hydrogens is 342 g/mol. The van der Waals surface area contributed by atoms with Crippen LogP contribution in [0.2, 0.25) is 0 Å². The van der Waals surface area contributed by atoms with E-state index < -0.39 is 0 Å². The number of nitrogens with one attached hydrogen (secondary N) is 2. The molecule has 2 aromatic carbocycles. The van der Waals surface area contributed by atoms with Gasteiger partial charge in [0, 0.05) is 18.5 Å². The van der Waals surface area contributed by atoms with Crippen molar-refractivity contribution < 1.29 is 9.21 Å². The van der Waals surface area contributed by atoms with Crippen LogP contribution in [-0.4, -0.2) is 32.6 Å². The molecule has 2 heterocycles. The van der Waals surface area contributed by atoms with E-state index in [9.17, 15) is 4.79 Å². The third kappa shape index (κ3) is 3.72. The second-order valence-electron chi connectivity index (χ2n) is 6.32. The number of rotatable bonds is 6. The number of fused-ring (bicyclic) bond motifs is 1. The Morgan fingerprint density at radius 1 is 1.22 bits per heavy atom. The van der Waals surface area contributed by atoms with Crippen molar-refractivity contribution in [1.82, 2.24) is 25.5 Å². The molecule has 7 nitrogen and oxygen atoms in total. The molecule has 0 unspecified atom stereocenters. The summed E-state index contributed by atoms with van der Waals surface area (Å²) in [6.07, 6.45) is 2.83. The summed E-state index contributed by atoms with van der Waals surface area (Å²) in [5, 5.41) is 9.58. The van der Waals surface area contributed by atoms with Crippen LogP contribution in [0.25, 0.3) is 22.5 Å². The molecule has 0 atom stereocenters. The fourth-order valence-corrected chi connectivity index (χ4v) is 2.95. The minimum absolute atomic E-state index is 0.143. The monoisotopic (exact) mass is 361 g/mol. The lowest BCUT2D eigenvalue weighted by Gasteiger charge is -2.08. The Bertz CT molecular complexity index is 1070. The molecule has 0 saturated carbocycles. The number of oxazole rings is 1. The molecule has 136 valence electrons. The molecule has 2 N–H and O–H groups in total. The molecule has 0 saturated heterocycles. The number of benzene rings is 2. The van der Waals surface area contributed by atoms with E-state index in [1.54, 1.807) is 6.07 Å². The van der Waals surface area contributed by atoms with Gasteiger partial charge < -0.3 is 9.73 Å². The zero-order chi connectivity index (χ0) is 18.6. The van der Waals surface area contributed by atoms with Crippen LogP contribution >= 0.6 is 0 Å². The van der Waals surface area contributed by atoms with Crippen molar-refractivity contribution >= 4 is 17.0 Å². The number of nitrogens with zero attached hydrogens (tertiary/aromatic N) is 3. The first-order chi connectivity index (χ1) is 13.2. The predicted molar refractivity (Wildman–Crippen MR) is 101 cm³/mol. The smallest absolute Gasteiger partial charge is 0.252 e. The number of carbonyl (C=O) groups excluding carboxylic acids is 1. The molecule has 4 aromatic rings. The van der Waals surface area contributed by atoms with Gasteiger partial charge >= 0.3 is 0 Å². The third-order valence-corrected chi connectivity index (χ3v) is 4.28. The van der Waals surface area contributed by atoms with Crippen LogP contribution in [-0.2, 0) is 6.42 Å². The van der Waals surface area contributed by atoms with Gasteiger partial charge in [0.15, 0.2) is 17.3 Å². The molecule has 7 heteroatoms. The van der Waals surface area contributed by atoms with E-state index in [1.807, 2.05) is 43.3 Å². The van der Waals surface area contributed by atoms with Crippen LogP contribution < -0.4 is 5.32 Å². The first-order valence-corrected chi connectivity index (χ1v) is 8.80. The van der Waals surface area contributed by atoms with Crippen molar-refractivity contribution in [2.24, 2.45) is 0 Å². The average molecular weight is 361 g/mol. The lowest BCUT2D eigenvalue weighted by Crippen LogP contribution is -2.25. The highest BCUT2D eigenvalue weighted by Crippen LogP contribution is 2.20. The lowest BCUT2D eigenvalue weighted by atomic mass is 10.1. The van der Waals surface area contributed by atoms with E-state index in [-0.39, 0.29) is 5.91 Å². The minimum atomic E-state index is -0.143. The fourth-order valence-electron chi connectivity index (χ4n) is 2.95. The summed E-state index contributed by atoms with van der Waals surface area (Å²) in [7, 11) is 0. The minimum Gasteiger partial charge on any atom is -0.441 e. The summed E-state index contributed by atoms with van der Waals surface area (Å²) in [5.41, 5.74) is 4.09. The maximum Gasteiger partial charge on any atom is 0.252 e. The van der Waals surface area contributed by atoms with Crippen molar-refractivity contribution in [3.8, 4) is 11.4 Å². The van der Waals surface area contributed by atoms with Gasteiger partial charge in [-0.25, -0.2) is 9.97 Å². The SMILES string of the molecule is Cc1ccc2nc(CCCNC(=O)c3ccccc3-c3ncn[nH]3)oc2c1. The van der Waals surface area contributed by atoms with Crippen LogP contribution in [0.5, 0.6) is 0 Å². The Balaban J connectivity index is 1.36. The van der Waals surface area contributed by atoms with Crippen LogP contribution in [0, 0.1) is 6.92 Å². The van der Waals surface area contributed by atoms with Crippen molar-refractivity contribution in [3.05, 3.63) is 65.8 Å². The molecule has 0 bridgehead atoms. The quantitative estimate of drug-likeness (QED) is 0.514. The number of hydrogen-bond donors (Lipinski definition) is 2. The van der Waals surface area contributed by atoms with Gasteiger partial charge in [0.25, 0.3) is 5.91 Å². The van der Waals surface area contributed by atoms with Gasteiger partial charge in [0.2, 0.25) is 0 Å². The number of carbonyl (C=O) groups is 1. The Hall–Kier alpha value is -3.48. The molecule has 0 radical (unpaired) electrons. The molecular formula is C20H19N5O2. The van der Waals surface area contributed by atoms with E-state index in [1.165, 1.54) is 6.33 Å². The molecule has 0 aliphatic rings. The molecule has 4 rings (SSSR count). The molecule has 0 aliphatic carbocycles. The Kier molecular flexibility index (Phi) is 4.65. The van der Waals surface area contributed by atoms with Crippen LogP contribution in [0.1, 0.15) is 28.2 Å². The highest BCUT2D eigenvalue weighted by Gasteiger charge is 2.14. The van der Waals surface area contributed by atoms with E-state index in [4.69, 9.17) is 4.42 Å². The number of hydrogen-bond acceptors (Lipinski definition) is 5. The second-order valence-corrected chi connectivity index (χ2v) is 6.32. The molecule has 0 spiro atoms. The van der Waals surface area contributed by atoms with E-state index in [0.29, 0.717) is 30.2 Å². The summed E-state index contributed by atoms with van der Waals surface area (Å²) in [5.74, 6) is 1.12. The highest BCUT2D eigenvalue weighted by molar-refractivity contribution is 6.00. The highest BCUT2D eigenvalue weighted by atomic mass is 16.3. The maximum atomic E-state index is 12.5. The number of aromatic amines is 1. The van der Waals surface area contributed by atoms with E-state index in [0.717, 1.165) is 28.6 Å². The fraction of sp³-hybridized carbons (Fsp3) is 0.200. The summed E-state index contributed by atoms with van der Waals surface area (Å²) in [6.45, 7) is 2.55. The van der Waals surface area contributed by atoms with Crippen molar-refractivity contribution in [3.63, 3.8) is 0 Å². The Morgan fingerprint density at radius 2 is 2.11 bits per heavy atom. The maximum absolute atomic E-state index is 12.5. The third-order valence-electron chi connectivity index (χ3n) is 4.28. The van der Waals surface area contributed by atoms with Crippen LogP contribution in [0.4, 0.5) is 0 Å². The first-order valence-electron chi connectivity index (χ1n) is 8.80. The van der Waals surface area contributed by atoms with Gasteiger partial charge in [-0.3, -0.25) is 9.89 Å². The van der Waals surface area contributed by atoms with Crippen molar-refractivity contribution in [2.45, 2.75) is 19.8 Å². The molecule has 0 aliphatic heterocycles. The number of amides is 1. The summed E-state index contributed by atoms with van der Waals surface area (Å²) < 4.78 is 5.77. The number of aromatic nitrogens is 4. The van der Waals surface area contributed by atoms with Gasteiger partial charge in [0.05, 0.1) is 5.56 Å². The predicted octanol–water partition coefficient (Wildman–Crippen LogP) is 3.28. The molecule has 27 heavy (non-hydrogen) atoms. The number of H-pyrrole nitrogens is 1. The Morgan fingerprint density at radius 3 is 2.96 bits per heavy atom. The van der Waals surface area contributed by atoms with E-state index >= 15 is 0 Å². The van der Waals surface area contributed by atoms with Gasteiger partial charge in [0.1, 0.15) is 11.8 Å².